The molecule has 1 amide bonds. The highest BCUT2D eigenvalue weighted by atomic mass is 16.3. The van der Waals surface area contributed by atoms with Gasteiger partial charge in [-0.25, -0.2) is 0 Å². The number of fused-ring (bicyclic) bond motifs is 1. The first-order valence-electron chi connectivity index (χ1n) is 10.8. The minimum Gasteiger partial charge on any atom is -0.508 e. The molecule has 0 radical (unpaired) electrons. The molecule has 8 heteroatoms. The predicted molar refractivity (Wildman–Crippen MR) is 129 cm³/mol. The number of benzene rings is 3. The number of carbonyl (C=O) groups is 1. The van der Waals surface area contributed by atoms with Crippen molar-refractivity contribution < 1.29 is 29.6 Å². The Morgan fingerprint density at radius 1 is 0.853 bits per heavy atom. The van der Waals surface area contributed by atoms with Gasteiger partial charge in [-0.15, -0.1) is 0 Å². The number of rotatable bonds is 7. The van der Waals surface area contributed by atoms with Crippen LogP contribution >= 0.6 is 0 Å². The van der Waals surface area contributed by atoms with E-state index in [4.69, 9.17) is 4.42 Å². The summed E-state index contributed by atoms with van der Waals surface area (Å²) in [4.78, 5) is 15.2. The number of phenolic OH excluding ortho intramolecular Hbond substituents is 4. The van der Waals surface area contributed by atoms with Crippen LogP contribution in [0.2, 0.25) is 0 Å². The van der Waals surface area contributed by atoms with Gasteiger partial charge in [0, 0.05) is 35.2 Å². The van der Waals surface area contributed by atoms with Gasteiger partial charge in [-0.2, -0.15) is 0 Å². The molecule has 34 heavy (non-hydrogen) atoms. The molecule has 0 bridgehead atoms. The summed E-state index contributed by atoms with van der Waals surface area (Å²) >= 11 is 0. The Kier molecular flexibility index (Phi) is 6.34. The summed E-state index contributed by atoms with van der Waals surface area (Å²) in [5, 5.41) is 43.6. The predicted octanol–water partition coefficient (Wildman–Crippen LogP) is 4.27. The number of furan rings is 1. The zero-order chi connectivity index (χ0) is 24.4. The van der Waals surface area contributed by atoms with Crippen LogP contribution in [0.15, 0.2) is 59.0 Å². The smallest absolute Gasteiger partial charge is 0.252 e. The third kappa shape index (κ3) is 4.77. The van der Waals surface area contributed by atoms with Crippen molar-refractivity contribution in [2.45, 2.75) is 6.42 Å². The Labute approximate surface area is 196 Å². The van der Waals surface area contributed by atoms with E-state index in [1.54, 1.807) is 12.1 Å². The molecular formula is C26H26N2O6. The van der Waals surface area contributed by atoms with Gasteiger partial charge in [0.1, 0.15) is 34.3 Å². The molecule has 1 aromatic heterocycles. The van der Waals surface area contributed by atoms with E-state index in [9.17, 15) is 25.2 Å². The molecule has 0 aliphatic rings. The van der Waals surface area contributed by atoms with Gasteiger partial charge in [0.05, 0.1) is 5.56 Å². The minimum atomic E-state index is -0.386. The van der Waals surface area contributed by atoms with E-state index in [0.29, 0.717) is 34.4 Å². The summed E-state index contributed by atoms with van der Waals surface area (Å²) in [7, 11) is 3.90. The molecule has 176 valence electrons. The van der Waals surface area contributed by atoms with Crippen LogP contribution in [0.5, 0.6) is 23.0 Å². The molecular weight excluding hydrogens is 436 g/mol. The van der Waals surface area contributed by atoms with Crippen LogP contribution in [0.3, 0.4) is 0 Å². The van der Waals surface area contributed by atoms with Crippen molar-refractivity contribution in [3.63, 3.8) is 0 Å². The maximum Gasteiger partial charge on any atom is 0.252 e. The number of phenols is 4. The zero-order valence-electron chi connectivity index (χ0n) is 18.9. The number of aromatic hydroxyl groups is 4. The number of hydrogen-bond acceptors (Lipinski definition) is 7. The Bertz CT molecular complexity index is 1320. The van der Waals surface area contributed by atoms with Gasteiger partial charge in [0.15, 0.2) is 0 Å². The minimum absolute atomic E-state index is 0.0758. The summed E-state index contributed by atoms with van der Waals surface area (Å²) in [5.41, 5.74) is 1.95. The normalized spacial score (nSPS) is 11.3. The van der Waals surface area contributed by atoms with Crippen molar-refractivity contribution in [1.82, 2.24) is 10.2 Å². The number of hydrogen-bond donors (Lipinski definition) is 5. The van der Waals surface area contributed by atoms with Crippen molar-refractivity contribution >= 4 is 16.9 Å². The highest BCUT2D eigenvalue weighted by Crippen LogP contribution is 2.45. The molecule has 1 heterocycles. The molecule has 4 rings (SSSR count). The lowest BCUT2D eigenvalue weighted by Gasteiger charge is -2.11. The SMILES string of the molecule is CN(C)CCCNC(=O)c1cc(O)cc2oc(-c3ccc(O)cc3)c(-c3cc(O)cc(O)c3)c12. The summed E-state index contributed by atoms with van der Waals surface area (Å²) in [6.07, 6.45) is 0.748. The fourth-order valence-electron chi connectivity index (χ4n) is 3.92. The first-order chi connectivity index (χ1) is 16.2. The van der Waals surface area contributed by atoms with Crippen LogP contribution in [0.25, 0.3) is 33.4 Å². The summed E-state index contributed by atoms with van der Waals surface area (Å²) in [5.74, 6) is -0.409. The topological polar surface area (TPSA) is 126 Å². The van der Waals surface area contributed by atoms with Crippen molar-refractivity contribution in [3.05, 3.63) is 60.2 Å². The van der Waals surface area contributed by atoms with Gasteiger partial charge in [-0.3, -0.25) is 4.79 Å². The standard InChI is InChI=1S/C26H26N2O6/c1-28(2)9-3-8-27-26(33)21-13-20(32)14-22-24(21)23(16-10-18(30)12-19(31)11-16)25(34-22)15-4-6-17(29)7-5-15/h4-7,10-14,29-32H,3,8-9H2,1-2H3,(H,27,33). The molecule has 0 saturated heterocycles. The largest absolute Gasteiger partial charge is 0.508 e. The second kappa shape index (κ2) is 9.36. The quantitative estimate of drug-likeness (QED) is 0.260. The summed E-state index contributed by atoms with van der Waals surface area (Å²) in [6, 6.07) is 13.2. The van der Waals surface area contributed by atoms with E-state index in [2.05, 4.69) is 5.32 Å². The van der Waals surface area contributed by atoms with E-state index in [-0.39, 0.29) is 40.1 Å². The fraction of sp³-hybridized carbons (Fsp3) is 0.192. The number of nitrogens with zero attached hydrogens (tertiary/aromatic N) is 1. The zero-order valence-corrected chi connectivity index (χ0v) is 18.9. The molecule has 0 fully saturated rings. The van der Waals surface area contributed by atoms with Crippen molar-refractivity contribution in [2.75, 3.05) is 27.2 Å². The monoisotopic (exact) mass is 462 g/mol. The lowest BCUT2D eigenvalue weighted by atomic mass is 9.95. The van der Waals surface area contributed by atoms with Crippen molar-refractivity contribution in [2.24, 2.45) is 0 Å². The Hall–Kier alpha value is -4.17. The molecule has 0 spiro atoms. The maximum absolute atomic E-state index is 13.2. The third-order valence-corrected chi connectivity index (χ3v) is 5.41. The van der Waals surface area contributed by atoms with Gasteiger partial charge in [-0.1, -0.05) is 0 Å². The maximum atomic E-state index is 13.2. The van der Waals surface area contributed by atoms with Crippen LogP contribution in [-0.4, -0.2) is 58.4 Å². The van der Waals surface area contributed by atoms with Crippen LogP contribution in [0.1, 0.15) is 16.8 Å². The van der Waals surface area contributed by atoms with Crippen molar-refractivity contribution in [1.29, 1.82) is 0 Å². The second-order valence-corrected chi connectivity index (χ2v) is 8.37. The molecule has 0 aliphatic carbocycles. The highest BCUT2D eigenvalue weighted by Gasteiger charge is 2.24. The number of nitrogens with one attached hydrogen (secondary N) is 1. The van der Waals surface area contributed by atoms with E-state index >= 15 is 0 Å². The molecule has 4 aromatic rings. The van der Waals surface area contributed by atoms with Crippen LogP contribution in [0, 0.1) is 0 Å². The van der Waals surface area contributed by atoms with Gasteiger partial charge in [0.25, 0.3) is 5.91 Å². The van der Waals surface area contributed by atoms with Crippen LogP contribution in [-0.2, 0) is 0 Å². The first kappa shape index (κ1) is 23.0. The molecule has 0 atom stereocenters. The van der Waals surface area contributed by atoms with E-state index in [0.717, 1.165) is 13.0 Å². The lowest BCUT2D eigenvalue weighted by molar-refractivity contribution is 0.0953. The van der Waals surface area contributed by atoms with E-state index < -0.39 is 0 Å². The third-order valence-electron chi connectivity index (χ3n) is 5.41. The van der Waals surface area contributed by atoms with Gasteiger partial charge < -0.3 is 35.1 Å². The van der Waals surface area contributed by atoms with E-state index in [1.807, 2.05) is 19.0 Å². The second-order valence-electron chi connectivity index (χ2n) is 8.37. The fourth-order valence-corrected chi connectivity index (χ4v) is 3.92. The molecule has 0 aliphatic heterocycles. The van der Waals surface area contributed by atoms with E-state index in [1.165, 1.54) is 42.5 Å². The lowest BCUT2D eigenvalue weighted by Crippen LogP contribution is -2.27. The average molecular weight is 463 g/mol. The Balaban J connectivity index is 1.92. The molecule has 5 N–H and O–H groups in total. The number of carbonyl (C=O) groups excluding carboxylic acids is 1. The summed E-state index contributed by atoms with van der Waals surface area (Å²) in [6.45, 7) is 1.25. The number of amides is 1. The highest BCUT2D eigenvalue weighted by molar-refractivity contribution is 6.14. The molecule has 0 unspecified atom stereocenters. The molecule has 8 nitrogen and oxygen atoms in total. The van der Waals surface area contributed by atoms with Gasteiger partial charge in [0.2, 0.25) is 0 Å². The molecule has 0 saturated carbocycles. The molecule has 3 aromatic carbocycles. The Morgan fingerprint density at radius 2 is 1.50 bits per heavy atom. The average Bonchev–Trinajstić information content (AvgIpc) is 3.15. The van der Waals surface area contributed by atoms with Gasteiger partial charge in [-0.05, 0) is 75.1 Å². The van der Waals surface area contributed by atoms with Crippen LogP contribution in [0.4, 0.5) is 0 Å². The van der Waals surface area contributed by atoms with Crippen molar-refractivity contribution in [3.8, 4) is 45.4 Å². The summed E-state index contributed by atoms with van der Waals surface area (Å²) < 4.78 is 6.10. The van der Waals surface area contributed by atoms with Gasteiger partial charge >= 0.3 is 0 Å². The Morgan fingerprint density at radius 3 is 2.15 bits per heavy atom. The first-order valence-corrected chi connectivity index (χ1v) is 10.8. The van der Waals surface area contributed by atoms with Crippen LogP contribution < -0.4 is 5.32 Å².